The lowest BCUT2D eigenvalue weighted by Gasteiger charge is -2.33. The zero-order valence-corrected chi connectivity index (χ0v) is 16.8. The summed E-state index contributed by atoms with van der Waals surface area (Å²) in [5.74, 6) is -0.419. The first kappa shape index (κ1) is 19.3. The Hall–Kier alpha value is -2.06. The molecule has 2 aliphatic carbocycles. The van der Waals surface area contributed by atoms with Crippen molar-refractivity contribution < 1.29 is 18.0 Å². The molecule has 0 radical (unpaired) electrons. The van der Waals surface area contributed by atoms with Gasteiger partial charge >= 0.3 is 0 Å². The normalized spacial score (nSPS) is 27.9. The van der Waals surface area contributed by atoms with Crippen molar-refractivity contribution in [3.63, 3.8) is 0 Å². The van der Waals surface area contributed by atoms with Gasteiger partial charge < -0.3 is 5.32 Å². The van der Waals surface area contributed by atoms with Crippen molar-refractivity contribution in [3.05, 3.63) is 35.1 Å². The SMILES string of the molecule is CS(=O)(=O)N1CCC(C(=O)N=C2C=CC3C(=C2)NC(=O)C2=C3CCCC2)CC1. The van der Waals surface area contributed by atoms with Crippen LogP contribution < -0.4 is 5.32 Å². The number of fused-ring (bicyclic) bond motifs is 2. The summed E-state index contributed by atoms with van der Waals surface area (Å²) in [5, 5.41) is 2.97. The fourth-order valence-corrected chi connectivity index (χ4v) is 5.35. The molecule has 0 bridgehead atoms. The number of carbonyl (C=O) groups excluding carboxylic acids is 2. The Labute approximate surface area is 165 Å². The van der Waals surface area contributed by atoms with Crippen LogP contribution in [0.1, 0.15) is 38.5 Å². The molecule has 2 amide bonds. The Kier molecular flexibility index (Phi) is 5.09. The maximum Gasteiger partial charge on any atom is 0.251 e. The van der Waals surface area contributed by atoms with Crippen LogP contribution in [-0.2, 0) is 19.6 Å². The topological polar surface area (TPSA) is 95.9 Å². The van der Waals surface area contributed by atoms with E-state index in [1.54, 1.807) is 6.08 Å². The second kappa shape index (κ2) is 7.40. The highest BCUT2D eigenvalue weighted by atomic mass is 32.2. The molecular weight excluding hydrogens is 378 g/mol. The number of amides is 2. The minimum Gasteiger partial charge on any atom is -0.325 e. The summed E-state index contributed by atoms with van der Waals surface area (Å²) in [5.41, 5.74) is 3.47. The van der Waals surface area contributed by atoms with Crippen molar-refractivity contribution in [1.29, 1.82) is 0 Å². The van der Waals surface area contributed by atoms with Crippen LogP contribution in [0.25, 0.3) is 0 Å². The molecule has 0 aromatic heterocycles. The van der Waals surface area contributed by atoms with E-state index in [1.165, 1.54) is 16.1 Å². The molecule has 0 aromatic rings. The van der Waals surface area contributed by atoms with Gasteiger partial charge in [0.25, 0.3) is 5.91 Å². The fourth-order valence-electron chi connectivity index (χ4n) is 4.47. The quantitative estimate of drug-likeness (QED) is 0.759. The lowest BCUT2D eigenvalue weighted by Crippen LogP contribution is -2.39. The summed E-state index contributed by atoms with van der Waals surface area (Å²) in [6.07, 6.45) is 11.8. The van der Waals surface area contributed by atoms with Crippen molar-refractivity contribution in [2.75, 3.05) is 19.3 Å². The average molecular weight is 404 g/mol. The zero-order valence-electron chi connectivity index (χ0n) is 16.0. The molecule has 4 rings (SSSR count). The van der Waals surface area contributed by atoms with E-state index in [4.69, 9.17) is 0 Å². The Balaban J connectivity index is 1.47. The van der Waals surface area contributed by atoms with Gasteiger partial charge in [-0.2, -0.15) is 0 Å². The summed E-state index contributed by atoms with van der Waals surface area (Å²) < 4.78 is 24.6. The van der Waals surface area contributed by atoms with E-state index in [1.807, 2.05) is 12.2 Å². The Morgan fingerprint density at radius 1 is 1.21 bits per heavy atom. The molecule has 2 aliphatic heterocycles. The first-order valence-corrected chi connectivity index (χ1v) is 11.7. The summed E-state index contributed by atoms with van der Waals surface area (Å²) in [6, 6.07) is 0. The van der Waals surface area contributed by atoms with Crippen LogP contribution in [0.5, 0.6) is 0 Å². The van der Waals surface area contributed by atoms with Crippen molar-refractivity contribution in [3.8, 4) is 0 Å². The van der Waals surface area contributed by atoms with Gasteiger partial charge in [-0.15, -0.1) is 0 Å². The van der Waals surface area contributed by atoms with Crippen LogP contribution in [0.15, 0.2) is 40.1 Å². The van der Waals surface area contributed by atoms with Crippen LogP contribution in [0, 0.1) is 11.8 Å². The number of hydrogen-bond donors (Lipinski definition) is 1. The third-order valence-electron chi connectivity index (χ3n) is 6.03. The highest BCUT2D eigenvalue weighted by molar-refractivity contribution is 7.88. The molecule has 1 saturated heterocycles. The molecule has 0 spiro atoms. The number of rotatable bonds is 2. The number of nitrogens with one attached hydrogen (secondary N) is 1. The molecule has 1 unspecified atom stereocenters. The van der Waals surface area contributed by atoms with E-state index in [0.29, 0.717) is 31.6 Å². The number of hydrogen-bond acceptors (Lipinski definition) is 4. The third kappa shape index (κ3) is 3.75. The van der Waals surface area contributed by atoms with E-state index in [9.17, 15) is 18.0 Å². The predicted molar refractivity (Wildman–Crippen MR) is 106 cm³/mol. The fraction of sp³-hybridized carbons (Fsp3) is 0.550. The van der Waals surface area contributed by atoms with Gasteiger partial charge in [-0.1, -0.05) is 6.08 Å². The van der Waals surface area contributed by atoms with Crippen molar-refractivity contribution in [2.45, 2.75) is 38.5 Å². The Bertz CT molecular complexity index is 934. The number of piperidine rings is 1. The average Bonchev–Trinajstić information content (AvgIpc) is 2.67. The Morgan fingerprint density at radius 3 is 2.64 bits per heavy atom. The molecule has 1 fully saturated rings. The van der Waals surface area contributed by atoms with Gasteiger partial charge in [-0.05, 0) is 56.3 Å². The first-order valence-electron chi connectivity index (χ1n) is 9.83. The molecule has 7 nitrogen and oxygen atoms in total. The van der Waals surface area contributed by atoms with E-state index in [-0.39, 0.29) is 23.7 Å². The van der Waals surface area contributed by atoms with Gasteiger partial charge in [0.15, 0.2) is 0 Å². The zero-order chi connectivity index (χ0) is 19.9. The van der Waals surface area contributed by atoms with Gasteiger partial charge in [-0.3, -0.25) is 9.59 Å². The van der Waals surface area contributed by atoms with Gasteiger partial charge in [0, 0.05) is 36.2 Å². The molecular formula is C20H25N3O4S. The molecule has 0 saturated carbocycles. The summed E-state index contributed by atoms with van der Waals surface area (Å²) >= 11 is 0. The lowest BCUT2D eigenvalue weighted by atomic mass is 9.77. The summed E-state index contributed by atoms with van der Waals surface area (Å²) in [7, 11) is -3.21. The van der Waals surface area contributed by atoms with E-state index < -0.39 is 10.0 Å². The van der Waals surface area contributed by atoms with Gasteiger partial charge in [0.05, 0.1) is 12.0 Å². The first-order chi connectivity index (χ1) is 13.3. The van der Waals surface area contributed by atoms with Gasteiger partial charge in [0.1, 0.15) is 0 Å². The predicted octanol–water partition coefficient (Wildman–Crippen LogP) is 1.70. The van der Waals surface area contributed by atoms with Crippen LogP contribution >= 0.6 is 0 Å². The van der Waals surface area contributed by atoms with Crippen LogP contribution in [0.4, 0.5) is 0 Å². The molecule has 28 heavy (non-hydrogen) atoms. The lowest BCUT2D eigenvalue weighted by molar-refractivity contribution is -0.122. The Morgan fingerprint density at radius 2 is 1.93 bits per heavy atom. The number of allylic oxidation sites excluding steroid dienone is 3. The number of aliphatic imine (C=N–C) groups is 1. The minimum atomic E-state index is -3.21. The summed E-state index contributed by atoms with van der Waals surface area (Å²) in [6.45, 7) is 0.707. The maximum atomic E-state index is 12.6. The van der Waals surface area contributed by atoms with E-state index >= 15 is 0 Å². The maximum absolute atomic E-state index is 12.6. The second-order valence-corrected chi connectivity index (χ2v) is 9.90. The van der Waals surface area contributed by atoms with Crippen LogP contribution in [-0.4, -0.2) is 49.6 Å². The van der Waals surface area contributed by atoms with Gasteiger partial charge in [0.2, 0.25) is 15.9 Å². The van der Waals surface area contributed by atoms with Crippen molar-refractivity contribution >= 4 is 27.5 Å². The minimum absolute atomic E-state index is 0.0219. The largest absolute Gasteiger partial charge is 0.325 e. The molecule has 1 N–H and O–H groups in total. The molecule has 8 heteroatoms. The highest BCUT2D eigenvalue weighted by Crippen LogP contribution is 2.38. The van der Waals surface area contributed by atoms with Crippen LogP contribution in [0.2, 0.25) is 0 Å². The van der Waals surface area contributed by atoms with E-state index in [2.05, 4.69) is 10.3 Å². The number of sulfonamides is 1. The monoisotopic (exact) mass is 403 g/mol. The number of carbonyl (C=O) groups is 2. The van der Waals surface area contributed by atoms with Crippen molar-refractivity contribution in [1.82, 2.24) is 9.62 Å². The molecule has 150 valence electrons. The smallest absolute Gasteiger partial charge is 0.251 e. The standard InChI is InChI=1S/C20H25N3O4S/c1-28(26,27)23-10-8-13(9-11-23)19(24)21-14-6-7-16-15-4-2-3-5-17(15)20(25)22-18(16)12-14/h6-7,12-13,16H,2-5,8-11H2,1H3,(H,22,25). The molecule has 4 aliphatic rings. The molecule has 2 heterocycles. The molecule has 0 aromatic carbocycles. The van der Waals surface area contributed by atoms with Crippen molar-refractivity contribution in [2.24, 2.45) is 16.8 Å². The highest BCUT2D eigenvalue weighted by Gasteiger charge is 2.33. The van der Waals surface area contributed by atoms with Gasteiger partial charge in [-0.25, -0.2) is 17.7 Å². The van der Waals surface area contributed by atoms with E-state index in [0.717, 1.165) is 37.0 Å². The van der Waals surface area contributed by atoms with Crippen LogP contribution in [0.3, 0.4) is 0 Å². The third-order valence-corrected chi connectivity index (χ3v) is 7.33. The second-order valence-electron chi connectivity index (χ2n) is 7.91. The number of nitrogens with zero attached hydrogens (tertiary/aromatic N) is 2. The summed E-state index contributed by atoms with van der Waals surface area (Å²) in [4.78, 5) is 29.2. The molecule has 1 atom stereocenters.